The van der Waals surface area contributed by atoms with Crippen LogP contribution in [0, 0.1) is 6.92 Å². The van der Waals surface area contributed by atoms with Gasteiger partial charge in [-0.25, -0.2) is 4.98 Å². The van der Waals surface area contributed by atoms with Crippen LogP contribution in [-0.4, -0.2) is 42.0 Å². The lowest BCUT2D eigenvalue weighted by atomic mass is 10.1. The Balaban J connectivity index is 2.16. The third kappa shape index (κ3) is 3.13. The number of nitrogens with zero attached hydrogens (tertiary/aromatic N) is 2. The zero-order chi connectivity index (χ0) is 14.0. The van der Waals surface area contributed by atoms with Crippen LogP contribution in [0.2, 0.25) is 0 Å². The van der Waals surface area contributed by atoms with Gasteiger partial charge in [0.15, 0.2) is 0 Å². The summed E-state index contributed by atoms with van der Waals surface area (Å²) < 4.78 is 5.25. The van der Waals surface area contributed by atoms with E-state index in [1.807, 2.05) is 18.7 Å². The number of hydrogen-bond donors (Lipinski definition) is 1. The average molecular weight is 283 g/mol. The van der Waals surface area contributed by atoms with Gasteiger partial charge in [0.1, 0.15) is 16.0 Å². The van der Waals surface area contributed by atoms with E-state index in [-0.39, 0.29) is 18.1 Å². The minimum Gasteiger partial charge on any atom is -0.375 e. The van der Waals surface area contributed by atoms with Gasteiger partial charge < -0.3 is 15.4 Å². The monoisotopic (exact) mass is 283 g/mol. The Kier molecular flexibility index (Phi) is 4.54. The van der Waals surface area contributed by atoms with Crippen molar-refractivity contribution < 1.29 is 9.53 Å². The maximum atomic E-state index is 12.5. The lowest BCUT2D eigenvalue weighted by Crippen LogP contribution is -2.45. The number of ether oxygens (including phenoxy) is 1. The first-order chi connectivity index (χ1) is 9.02. The second-order valence-corrected chi connectivity index (χ2v) is 6.03. The Morgan fingerprint density at radius 1 is 1.63 bits per heavy atom. The number of amides is 1. The zero-order valence-electron chi connectivity index (χ0n) is 11.7. The minimum absolute atomic E-state index is 0.0553. The van der Waals surface area contributed by atoms with Crippen molar-refractivity contribution in [3.05, 3.63) is 15.6 Å². The Labute approximate surface area is 117 Å². The molecule has 1 saturated heterocycles. The SMILES string of the molecule is CO[C@H](C)c1nc(C)c(C(=O)N2CCC[C@H](N)C2)s1. The topological polar surface area (TPSA) is 68.5 Å². The molecule has 1 amide bonds. The predicted octanol–water partition coefficient (Wildman–Crippen LogP) is 1.72. The van der Waals surface area contributed by atoms with Crippen LogP contribution in [0.4, 0.5) is 0 Å². The summed E-state index contributed by atoms with van der Waals surface area (Å²) in [6.07, 6.45) is 1.90. The highest BCUT2D eigenvalue weighted by atomic mass is 32.1. The number of rotatable bonds is 3. The first-order valence-electron chi connectivity index (χ1n) is 6.58. The van der Waals surface area contributed by atoms with Gasteiger partial charge in [0.05, 0.1) is 5.69 Å². The van der Waals surface area contributed by atoms with Crippen LogP contribution in [0.5, 0.6) is 0 Å². The van der Waals surface area contributed by atoms with Crippen molar-refractivity contribution in [1.29, 1.82) is 0 Å². The van der Waals surface area contributed by atoms with Crippen LogP contribution >= 0.6 is 11.3 Å². The standard InChI is InChI=1S/C13H21N3O2S/c1-8-11(19-12(15-8)9(2)18-3)13(17)16-6-4-5-10(14)7-16/h9-10H,4-7,14H2,1-3H3/t9-,10+/m1/s1. The molecule has 6 heteroatoms. The number of aromatic nitrogens is 1. The lowest BCUT2D eigenvalue weighted by molar-refractivity contribution is 0.0713. The molecule has 2 atom stereocenters. The second kappa shape index (κ2) is 5.98. The van der Waals surface area contributed by atoms with E-state index in [9.17, 15) is 4.79 Å². The first-order valence-corrected chi connectivity index (χ1v) is 7.39. The Hall–Kier alpha value is -0.980. The van der Waals surface area contributed by atoms with Crippen molar-refractivity contribution in [2.45, 2.75) is 38.8 Å². The highest BCUT2D eigenvalue weighted by Crippen LogP contribution is 2.27. The van der Waals surface area contributed by atoms with E-state index in [1.54, 1.807) is 7.11 Å². The molecule has 0 aliphatic carbocycles. The Morgan fingerprint density at radius 2 is 2.37 bits per heavy atom. The van der Waals surface area contributed by atoms with Crippen LogP contribution < -0.4 is 5.73 Å². The van der Waals surface area contributed by atoms with Gasteiger partial charge in [-0.15, -0.1) is 11.3 Å². The summed E-state index contributed by atoms with van der Waals surface area (Å²) in [5, 5.41) is 0.852. The molecule has 1 fully saturated rings. The summed E-state index contributed by atoms with van der Waals surface area (Å²) in [7, 11) is 1.65. The molecule has 0 spiro atoms. The molecule has 0 radical (unpaired) electrons. The van der Waals surface area contributed by atoms with Crippen LogP contribution in [0.1, 0.15) is 46.2 Å². The highest BCUT2D eigenvalue weighted by Gasteiger charge is 2.26. The third-order valence-corrected chi connectivity index (χ3v) is 4.76. The minimum atomic E-state index is -0.0751. The van der Waals surface area contributed by atoms with Crippen molar-refractivity contribution in [3.63, 3.8) is 0 Å². The Bertz CT molecular complexity index is 461. The molecule has 1 aromatic rings. The van der Waals surface area contributed by atoms with Crippen LogP contribution in [0.3, 0.4) is 0 Å². The molecule has 0 saturated carbocycles. The van der Waals surface area contributed by atoms with Gasteiger partial charge in [-0.3, -0.25) is 4.79 Å². The van der Waals surface area contributed by atoms with Gasteiger partial charge in [-0.05, 0) is 26.7 Å². The van der Waals surface area contributed by atoms with Gasteiger partial charge in [-0.2, -0.15) is 0 Å². The van der Waals surface area contributed by atoms with Crippen molar-refractivity contribution in [2.24, 2.45) is 5.73 Å². The van der Waals surface area contributed by atoms with E-state index in [0.29, 0.717) is 11.4 Å². The first kappa shape index (κ1) is 14.4. The normalized spacial score (nSPS) is 21.5. The predicted molar refractivity (Wildman–Crippen MR) is 75.4 cm³/mol. The Morgan fingerprint density at radius 3 is 3.00 bits per heavy atom. The molecule has 0 unspecified atom stereocenters. The van der Waals surface area contributed by atoms with Gasteiger partial charge in [0.25, 0.3) is 5.91 Å². The molecule has 2 rings (SSSR count). The number of aryl methyl sites for hydroxylation is 1. The number of methoxy groups -OCH3 is 1. The molecule has 1 aromatic heterocycles. The number of piperidine rings is 1. The second-order valence-electron chi connectivity index (χ2n) is 5.00. The fourth-order valence-corrected chi connectivity index (χ4v) is 3.29. The maximum absolute atomic E-state index is 12.5. The molecule has 1 aliphatic heterocycles. The molecule has 5 nitrogen and oxygen atoms in total. The van der Waals surface area contributed by atoms with E-state index in [2.05, 4.69) is 4.98 Å². The zero-order valence-corrected chi connectivity index (χ0v) is 12.5. The van der Waals surface area contributed by atoms with Gasteiger partial charge in [0.2, 0.25) is 0 Å². The average Bonchev–Trinajstić information content (AvgIpc) is 2.79. The number of nitrogens with two attached hydrogens (primary N) is 1. The van der Waals surface area contributed by atoms with Gasteiger partial charge in [-0.1, -0.05) is 0 Å². The van der Waals surface area contributed by atoms with Crippen molar-refractivity contribution >= 4 is 17.2 Å². The summed E-state index contributed by atoms with van der Waals surface area (Å²) in [6, 6.07) is 0.100. The van der Waals surface area contributed by atoms with E-state index in [0.717, 1.165) is 30.1 Å². The molecule has 1 aliphatic rings. The largest absolute Gasteiger partial charge is 0.375 e. The summed E-state index contributed by atoms with van der Waals surface area (Å²) >= 11 is 1.43. The number of thiazole rings is 1. The molecule has 2 heterocycles. The number of hydrogen-bond acceptors (Lipinski definition) is 5. The highest BCUT2D eigenvalue weighted by molar-refractivity contribution is 7.13. The number of likely N-dealkylation sites (tertiary alicyclic amines) is 1. The number of carbonyl (C=O) groups is 1. The summed E-state index contributed by atoms with van der Waals surface area (Å²) in [4.78, 5) is 19.5. The van der Waals surface area contributed by atoms with E-state index in [1.165, 1.54) is 11.3 Å². The third-order valence-electron chi connectivity index (χ3n) is 3.45. The molecule has 19 heavy (non-hydrogen) atoms. The van der Waals surface area contributed by atoms with E-state index in [4.69, 9.17) is 10.5 Å². The van der Waals surface area contributed by atoms with Crippen molar-refractivity contribution in [1.82, 2.24) is 9.88 Å². The molecule has 2 N–H and O–H groups in total. The summed E-state index contributed by atoms with van der Waals surface area (Å²) in [5.41, 5.74) is 6.71. The maximum Gasteiger partial charge on any atom is 0.265 e. The molecule has 106 valence electrons. The van der Waals surface area contributed by atoms with Crippen molar-refractivity contribution in [2.75, 3.05) is 20.2 Å². The summed E-state index contributed by atoms with van der Waals surface area (Å²) in [5.74, 6) is 0.0553. The molecular weight excluding hydrogens is 262 g/mol. The quantitative estimate of drug-likeness (QED) is 0.917. The smallest absolute Gasteiger partial charge is 0.265 e. The fourth-order valence-electron chi connectivity index (χ4n) is 2.23. The van der Waals surface area contributed by atoms with Gasteiger partial charge in [0, 0.05) is 26.2 Å². The van der Waals surface area contributed by atoms with Crippen LogP contribution in [-0.2, 0) is 4.74 Å². The summed E-state index contributed by atoms with van der Waals surface area (Å²) in [6.45, 7) is 5.24. The van der Waals surface area contributed by atoms with Crippen LogP contribution in [0.15, 0.2) is 0 Å². The van der Waals surface area contributed by atoms with E-state index < -0.39 is 0 Å². The van der Waals surface area contributed by atoms with Gasteiger partial charge >= 0.3 is 0 Å². The fraction of sp³-hybridized carbons (Fsp3) is 0.692. The molecule has 0 aromatic carbocycles. The molecule has 0 bridgehead atoms. The number of carbonyl (C=O) groups excluding carboxylic acids is 1. The lowest BCUT2D eigenvalue weighted by Gasteiger charge is -2.30. The molecular formula is C13H21N3O2S. The van der Waals surface area contributed by atoms with Crippen LogP contribution in [0.25, 0.3) is 0 Å². The van der Waals surface area contributed by atoms with E-state index >= 15 is 0 Å². The van der Waals surface area contributed by atoms with Crippen molar-refractivity contribution in [3.8, 4) is 0 Å².